The Balaban J connectivity index is 2.09. The number of aryl methyl sites for hydroxylation is 2. The van der Waals surface area contributed by atoms with Gasteiger partial charge < -0.3 is 10.1 Å². The second-order valence-electron chi connectivity index (χ2n) is 5.34. The maximum Gasteiger partial charge on any atom is 0.228 e. The number of anilines is 1. The van der Waals surface area contributed by atoms with Crippen LogP contribution in [0.1, 0.15) is 11.1 Å². The topological polar surface area (TPSA) is 59.9 Å². The molecule has 24 heavy (non-hydrogen) atoms. The van der Waals surface area contributed by atoms with E-state index in [2.05, 4.69) is 20.3 Å². The lowest BCUT2D eigenvalue weighted by Crippen LogP contribution is -1.99. The van der Waals surface area contributed by atoms with Gasteiger partial charge in [-0.2, -0.15) is 0 Å². The van der Waals surface area contributed by atoms with Crippen LogP contribution < -0.4 is 10.1 Å². The van der Waals surface area contributed by atoms with Gasteiger partial charge in [0, 0.05) is 19.4 Å². The number of benzene rings is 1. The fraction of sp³-hybridized carbons (Fsp3) is 0.167. The first-order chi connectivity index (χ1) is 11.6. The van der Waals surface area contributed by atoms with Crippen LogP contribution in [0.4, 0.5) is 5.95 Å². The van der Waals surface area contributed by atoms with E-state index in [1.165, 1.54) is 0 Å². The van der Waals surface area contributed by atoms with Crippen LogP contribution in [0.5, 0.6) is 11.6 Å². The molecule has 0 radical (unpaired) electrons. The van der Waals surface area contributed by atoms with Crippen molar-refractivity contribution in [2.24, 2.45) is 0 Å². The van der Waals surface area contributed by atoms with Gasteiger partial charge in [0.2, 0.25) is 11.8 Å². The molecule has 0 fully saturated rings. The van der Waals surface area contributed by atoms with E-state index in [0.29, 0.717) is 28.1 Å². The Hall–Kier alpha value is -2.66. The van der Waals surface area contributed by atoms with E-state index < -0.39 is 0 Å². The quantitative estimate of drug-likeness (QED) is 0.749. The largest absolute Gasteiger partial charge is 0.438 e. The van der Waals surface area contributed by atoms with Gasteiger partial charge in [-0.05, 0) is 37.1 Å². The van der Waals surface area contributed by atoms with Gasteiger partial charge in [-0.1, -0.05) is 29.8 Å². The zero-order valence-corrected chi connectivity index (χ0v) is 14.4. The van der Waals surface area contributed by atoms with E-state index in [1.54, 1.807) is 31.6 Å². The Labute approximate surface area is 145 Å². The van der Waals surface area contributed by atoms with Crippen LogP contribution in [-0.4, -0.2) is 22.0 Å². The number of rotatable bonds is 4. The molecule has 0 bridgehead atoms. The van der Waals surface area contributed by atoms with Crippen LogP contribution in [-0.2, 0) is 0 Å². The van der Waals surface area contributed by atoms with Gasteiger partial charge in [-0.25, -0.2) is 15.0 Å². The molecule has 0 amide bonds. The molecule has 2 heterocycles. The molecular formula is C18H17ClN4O. The predicted molar refractivity (Wildman–Crippen MR) is 95.8 cm³/mol. The van der Waals surface area contributed by atoms with Gasteiger partial charge in [0.1, 0.15) is 5.75 Å². The molecule has 5 nitrogen and oxygen atoms in total. The third-order valence-electron chi connectivity index (χ3n) is 3.58. The molecule has 0 spiro atoms. The molecule has 0 aliphatic rings. The number of para-hydroxylation sites is 1. The van der Waals surface area contributed by atoms with Crippen LogP contribution in [0.3, 0.4) is 0 Å². The molecule has 2 aromatic heterocycles. The second-order valence-corrected chi connectivity index (χ2v) is 5.78. The highest BCUT2D eigenvalue weighted by Gasteiger charge is 2.14. The van der Waals surface area contributed by atoms with Crippen molar-refractivity contribution in [3.63, 3.8) is 0 Å². The van der Waals surface area contributed by atoms with E-state index in [1.807, 2.05) is 32.0 Å². The molecule has 6 heteroatoms. The van der Waals surface area contributed by atoms with E-state index in [0.717, 1.165) is 16.9 Å². The van der Waals surface area contributed by atoms with Gasteiger partial charge in [-0.15, -0.1) is 0 Å². The Morgan fingerprint density at radius 1 is 1.08 bits per heavy atom. The fourth-order valence-corrected chi connectivity index (χ4v) is 2.54. The van der Waals surface area contributed by atoms with Crippen molar-refractivity contribution in [3.05, 3.63) is 58.9 Å². The SMILES string of the molecule is CNc1nccc(-c2cc(Cl)cnc2Oc2c(C)cccc2C)n1. The number of pyridine rings is 1. The first-order valence-corrected chi connectivity index (χ1v) is 7.87. The summed E-state index contributed by atoms with van der Waals surface area (Å²) in [6.45, 7) is 4.00. The van der Waals surface area contributed by atoms with E-state index in [4.69, 9.17) is 16.3 Å². The molecular weight excluding hydrogens is 324 g/mol. The zero-order chi connectivity index (χ0) is 17.1. The zero-order valence-electron chi connectivity index (χ0n) is 13.7. The molecule has 1 N–H and O–H groups in total. The van der Waals surface area contributed by atoms with Crippen LogP contribution in [0.2, 0.25) is 5.02 Å². The lowest BCUT2D eigenvalue weighted by molar-refractivity contribution is 0.458. The van der Waals surface area contributed by atoms with E-state index >= 15 is 0 Å². The minimum atomic E-state index is 0.456. The summed E-state index contributed by atoms with van der Waals surface area (Å²) < 4.78 is 6.10. The summed E-state index contributed by atoms with van der Waals surface area (Å²) in [6.07, 6.45) is 3.24. The van der Waals surface area contributed by atoms with Crippen molar-refractivity contribution in [1.82, 2.24) is 15.0 Å². The van der Waals surface area contributed by atoms with Crippen molar-refractivity contribution in [2.75, 3.05) is 12.4 Å². The van der Waals surface area contributed by atoms with Gasteiger partial charge >= 0.3 is 0 Å². The summed E-state index contributed by atoms with van der Waals surface area (Å²) in [4.78, 5) is 12.9. The first-order valence-electron chi connectivity index (χ1n) is 7.49. The average molecular weight is 341 g/mol. The Morgan fingerprint density at radius 2 is 1.83 bits per heavy atom. The highest BCUT2D eigenvalue weighted by Crippen LogP contribution is 2.35. The molecule has 0 saturated heterocycles. The predicted octanol–water partition coefficient (Wildman–Crippen LogP) is 4.64. The molecule has 1 aromatic carbocycles. The lowest BCUT2D eigenvalue weighted by atomic mass is 10.1. The van der Waals surface area contributed by atoms with Crippen molar-refractivity contribution in [3.8, 4) is 22.9 Å². The van der Waals surface area contributed by atoms with Crippen LogP contribution in [0.15, 0.2) is 42.7 Å². The third kappa shape index (κ3) is 3.31. The smallest absolute Gasteiger partial charge is 0.228 e. The number of nitrogens with one attached hydrogen (secondary N) is 1. The fourth-order valence-electron chi connectivity index (χ4n) is 2.38. The maximum absolute atomic E-state index is 6.13. The Bertz CT molecular complexity index is 862. The molecule has 0 aliphatic carbocycles. The number of aromatic nitrogens is 3. The summed E-state index contributed by atoms with van der Waals surface area (Å²) in [5, 5.41) is 3.44. The Morgan fingerprint density at radius 3 is 2.54 bits per heavy atom. The summed E-state index contributed by atoms with van der Waals surface area (Å²) in [5.41, 5.74) is 3.47. The van der Waals surface area contributed by atoms with Crippen molar-refractivity contribution in [2.45, 2.75) is 13.8 Å². The normalized spacial score (nSPS) is 10.5. The average Bonchev–Trinajstić information content (AvgIpc) is 2.59. The Kier molecular flexibility index (Phi) is 4.62. The minimum Gasteiger partial charge on any atom is -0.438 e. The molecule has 3 aromatic rings. The number of hydrogen-bond acceptors (Lipinski definition) is 5. The molecule has 0 atom stereocenters. The van der Waals surface area contributed by atoms with Gasteiger partial charge in [0.15, 0.2) is 0 Å². The number of halogens is 1. The lowest BCUT2D eigenvalue weighted by Gasteiger charge is -2.14. The van der Waals surface area contributed by atoms with Crippen LogP contribution in [0.25, 0.3) is 11.3 Å². The van der Waals surface area contributed by atoms with E-state index in [-0.39, 0.29) is 0 Å². The molecule has 0 saturated carbocycles. The second kappa shape index (κ2) is 6.84. The molecule has 0 unspecified atom stereocenters. The van der Waals surface area contributed by atoms with Gasteiger partial charge in [-0.3, -0.25) is 0 Å². The molecule has 122 valence electrons. The number of nitrogens with zero attached hydrogens (tertiary/aromatic N) is 3. The van der Waals surface area contributed by atoms with Crippen LogP contribution in [0, 0.1) is 13.8 Å². The summed E-state index contributed by atoms with van der Waals surface area (Å²) in [6, 6.07) is 9.59. The highest BCUT2D eigenvalue weighted by molar-refractivity contribution is 6.30. The van der Waals surface area contributed by atoms with Crippen LogP contribution >= 0.6 is 11.6 Å². The highest BCUT2D eigenvalue weighted by atomic mass is 35.5. The standard InChI is InChI=1S/C18H17ClN4O/c1-11-5-4-6-12(2)16(11)24-17-14(9-13(19)10-22-17)15-7-8-21-18(20-3)23-15/h4-10H,1-3H3,(H,20,21,23). The number of ether oxygens (including phenoxy) is 1. The molecule has 0 aliphatic heterocycles. The van der Waals surface area contributed by atoms with Gasteiger partial charge in [0.25, 0.3) is 0 Å². The summed E-state index contributed by atoms with van der Waals surface area (Å²) in [5.74, 6) is 1.76. The van der Waals surface area contributed by atoms with Crippen molar-refractivity contribution >= 4 is 17.5 Å². The summed E-state index contributed by atoms with van der Waals surface area (Å²) in [7, 11) is 1.77. The molecule has 3 rings (SSSR count). The number of hydrogen-bond donors (Lipinski definition) is 1. The maximum atomic E-state index is 6.13. The van der Waals surface area contributed by atoms with Crippen molar-refractivity contribution < 1.29 is 4.74 Å². The minimum absolute atomic E-state index is 0.456. The first kappa shape index (κ1) is 16.2. The summed E-state index contributed by atoms with van der Waals surface area (Å²) >= 11 is 6.13. The van der Waals surface area contributed by atoms with Gasteiger partial charge in [0.05, 0.1) is 16.3 Å². The van der Waals surface area contributed by atoms with Crippen molar-refractivity contribution in [1.29, 1.82) is 0 Å². The monoisotopic (exact) mass is 340 g/mol. The third-order valence-corrected chi connectivity index (χ3v) is 3.79. The van der Waals surface area contributed by atoms with E-state index in [9.17, 15) is 0 Å².